The number of hydrogen-bond donors (Lipinski definition) is 2. The molecule has 2 aliphatic rings. The lowest BCUT2D eigenvalue weighted by molar-refractivity contribution is -0.118. The van der Waals surface area contributed by atoms with E-state index in [2.05, 4.69) is 31.1 Å². The number of halogens is 1. The SMILES string of the molecule is CC(C)(C)c1cc2cc(NC(=O)C3(c4ccc5c(c4)OCO5)CC3)c(F)cc2[nH]1.[HH].[HH]. The normalized spacial score (nSPS) is 16.8. The summed E-state index contributed by atoms with van der Waals surface area (Å²) < 4.78 is 25.5. The van der Waals surface area contributed by atoms with Gasteiger partial charge >= 0.3 is 0 Å². The van der Waals surface area contributed by atoms with Gasteiger partial charge in [-0.3, -0.25) is 4.79 Å². The maximum atomic E-state index is 14.7. The van der Waals surface area contributed by atoms with E-state index in [1.54, 1.807) is 6.07 Å². The predicted molar refractivity (Wildman–Crippen MR) is 113 cm³/mol. The fraction of sp³-hybridized carbons (Fsp3) is 0.348. The van der Waals surface area contributed by atoms with Crippen molar-refractivity contribution in [1.82, 2.24) is 4.98 Å². The zero-order valence-corrected chi connectivity index (χ0v) is 16.7. The first-order valence-corrected chi connectivity index (χ1v) is 9.81. The zero-order valence-electron chi connectivity index (χ0n) is 16.7. The van der Waals surface area contributed by atoms with E-state index in [0.717, 1.165) is 35.0 Å². The van der Waals surface area contributed by atoms with Crippen LogP contribution >= 0.6 is 0 Å². The van der Waals surface area contributed by atoms with Gasteiger partial charge in [-0.2, -0.15) is 0 Å². The van der Waals surface area contributed by atoms with Crippen molar-refractivity contribution in [2.24, 2.45) is 0 Å². The van der Waals surface area contributed by atoms with Crippen LogP contribution in [0.3, 0.4) is 0 Å². The van der Waals surface area contributed by atoms with Crippen LogP contribution in [0.1, 0.15) is 47.7 Å². The Morgan fingerprint density at radius 1 is 1.14 bits per heavy atom. The minimum Gasteiger partial charge on any atom is -0.454 e. The molecule has 1 aliphatic heterocycles. The molecular formula is C23H27FN2O3. The van der Waals surface area contributed by atoms with Crippen LogP contribution < -0.4 is 14.8 Å². The summed E-state index contributed by atoms with van der Waals surface area (Å²) in [5, 5.41) is 3.69. The van der Waals surface area contributed by atoms with Gasteiger partial charge in [-0.05, 0) is 42.7 Å². The van der Waals surface area contributed by atoms with Gasteiger partial charge in [0.05, 0.1) is 11.1 Å². The van der Waals surface area contributed by atoms with Gasteiger partial charge in [-0.15, -0.1) is 0 Å². The fourth-order valence-corrected chi connectivity index (χ4v) is 3.86. The Hall–Kier alpha value is -3.02. The van der Waals surface area contributed by atoms with E-state index in [4.69, 9.17) is 9.47 Å². The number of hydrogen-bond acceptors (Lipinski definition) is 3. The second-order valence-corrected chi connectivity index (χ2v) is 8.96. The Labute approximate surface area is 171 Å². The number of nitrogens with one attached hydrogen (secondary N) is 2. The number of aromatic nitrogens is 1. The summed E-state index contributed by atoms with van der Waals surface area (Å²) in [6.45, 7) is 6.48. The third-order valence-electron chi connectivity index (χ3n) is 5.87. The lowest BCUT2D eigenvalue weighted by atomic mass is 9.92. The number of amides is 1. The quantitative estimate of drug-likeness (QED) is 0.613. The number of carbonyl (C=O) groups excluding carboxylic acids is 1. The summed E-state index contributed by atoms with van der Waals surface area (Å²) in [6, 6.07) is 10.7. The standard InChI is InChI=1S/C23H23FN2O3.2H2/c1-22(2,3)20-9-13-8-17(15(24)11-16(13)25-20)26-21(27)23(6-7-23)14-4-5-18-19(10-14)29-12-28-18;;/h4-5,8-11,25H,6-7,12H2,1-3H3,(H,26,27);2*1H. The topological polar surface area (TPSA) is 63.4 Å². The summed E-state index contributed by atoms with van der Waals surface area (Å²) in [7, 11) is 0. The first-order chi connectivity index (χ1) is 13.8. The maximum Gasteiger partial charge on any atom is 0.235 e. The smallest absolute Gasteiger partial charge is 0.235 e. The molecule has 1 fully saturated rings. The first-order valence-electron chi connectivity index (χ1n) is 9.81. The Morgan fingerprint density at radius 3 is 2.62 bits per heavy atom. The van der Waals surface area contributed by atoms with Crippen molar-refractivity contribution in [2.75, 3.05) is 12.1 Å². The molecule has 2 N–H and O–H groups in total. The van der Waals surface area contributed by atoms with Crippen LogP contribution in [0.5, 0.6) is 11.5 Å². The summed E-state index contributed by atoms with van der Waals surface area (Å²) >= 11 is 0. The number of carbonyl (C=O) groups is 1. The van der Waals surface area contributed by atoms with Gasteiger partial charge in [-0.25, -0.2) is 4.39 Å². The molecule has 29 heavy (non-hydrogen) atoms. The highest BCUT2D eigenvalue weighted by Crippen LogP contribution is 2.51. The number of benzene rings is 2. The van der Waals surface area contributed by atoms with Crippen LogP contribution in [0.25, 0.3) is 10.9 Å². The van der Waals surface area contributed by atoms with E-state index in [1.165, 1.54) is 6.07 Å². The molecule has 2 aromatic carbocycles. The highest BCUT2D eigenvalue weighted by atomic mass is 19.1. The predicted octanol–water partition coefficient (Wildman–Crippen LogP) is 5.50. The summed E-state index contributed by atoms with van der Waals surface area (Å²) in [5.74, 6) is 0.690. The van der Waals surface area contributed by atoms with Crippen molar-refractivity contribution in [1.29, 1.82) is 0 Å². The summed E-state index contributed by atoms with van der Waals surface area (Å²) in [4.78, 5) is 16.4. The Morgan fingerprint density at radius 2 is 1.90 bits per heavy atom. The lowest BCUT2D eigenvalue weighted by Crippen LogP contribution is -2.28. The maximum absolute atomic E-state index is 14.7. The van der Waals surface area contributed by atoms with E-state index in [9.17, 15) is 9.18 Å². The van der Waals surface area contributed by atoms with Gasteiger partial charge < -0.3 is 19.8 Å². The van der Waals surface area contributed by atoms with E-state index < -0.39 is 11.2 Å². The monoisotopic (exact) mass is 398 g/mol. The molecule has 6 heteroatoms. The third kappa shape index (κ3) is 2.94. The van der Waals surface area contributed by atoms with Crippen LogP contribution in [0.4, 0.5) is 10.1 Å². The van der Waals surface area contributed by atoms with Crippen molar-refractivity contribution < 1.29 is 21.5 Å². The van der Waals surface area contributed by atoms with Crippen LogP contribution in [-0.2, 0) is 15.6 Å². The molecule has 1 aliphatic carbocycles. The van der Waals surface area contributed by atoms with Gasteiger partial charge in [0, 0.05) is 30.9 Å². The second-order valence-electron chi connectivity index (χ2n) is 8.96. The average molecular weight is 398 g/mol. The molecule has 0 radical (unpaired) electrons. The highest BCUT2D eigenvalue weighted by molar-refractivity contribution is 6.02. The molecule has 1 saturated carbocycles. The molecular weight excluding hydrogens is 371 g/mol. The van der Waals surface area contributed by atoms with Crippen molar-refractivity contribution in [2.45, 2.75) is 44.4 Å². The molecule has 1 amide bonds. The van der Waals surface area contributed by atoms with E-state index >= 15 is 0 Å². The van der Waals surface area contributed by atoms with Gasteiger partial charge in [0.25, 0.3) is 0 Å². The third-order valence-corrected chi connectivity index (χ3v) is 5.87. The molecule has 0 bridgehead atoms. The first kappa shape index (κ1) is 18.0. The minimum absolute atomic E-state index is 0. The van der Waals surface area contributed by atoms with Crippen LogP contribution in [0.15, 0.2) is 36.4 Å². The minimum atomic E-state index is -0.642. The van der Waals surface area contributed by atoms with E-state index in [0.29, 0.717) is 11.5 Å². The van der Waals surface area contributed by atoms with E-state index in [-0.39, 0.29) is 26.7 Å². The van der Waals surface area contributed by atoms with Gasteiger partial charge in [-0.1, -0.05) is 26.8 Å². The molecule has 154 valence electrons. The average Bonchev–Trinajstić information content (AvgIpc) is 3.15. The number of ether oxygens (including phenoxy) is 2. The lowest BCUT2D eigenvalue weighted by Gasteiger charge is -2.17. The van der Waals surface area contributed by atoms with Crippen molar-refractivity contribution in [3.63, 3.8) is 0 Å². The summed E-state index contributed by atoms with van der Waals surface area (Å²) in [5.41, 5.74) is 2.11. The number of H-pyrrole nitrogens is 1. The molecule has 1 aromatic heterocycles. The zero-order chi connectivity index (χ0) is 20.4. The van der Waals surface area contributed by atoms with E-state index in [1.807, 2.05) is 24.3 Å². The Bertz CT molecular complexity index is 1150. The van der Waals surface area contributed by atoms with Crippen molar-refractivity contribution in [3.05, 3.63) is 53.5 Å². The summed E-state index contributed by atoms with van der Waals surface area (Å²) in [6.07, 6.45) is 1.45. The van der Waals surface area contributed by atoms with Crippen LogP contribution in [-0.4, -0.2) is 17.7 Å². The molecule has 0 atom stereocenters. The molecule has 0 unspecified atom stereocenters. The van der Waals surface area contributed by atoms with Crippen LogP contribution in [0.2, 0.25) is 0 Å². The van der Waals surface area contributed by atoms with Gasteiger partial charge in [0.15, 0.2) is 11.5 Å². The van der Waals surface area contributed by atoms with Crippen LogP contribution in [0, 0.1) is 5.82 Å². The molecule has 5 nitrogen and oxygen atoms in total. The fourth-order valence-electron chi connectivity index (χ4n) is 3.86. The molecule has 0 spiro atoms. The number of rotatable bonds is 3. The largest absolute Gasteiger partial charge is 0.454 e. The Balaban J connectivity index is 0.00000136. The molecule has 5 rings (SSSR count). The van der Waals surface area contributed by atoms with Gasteiger partial charge in [0.1, 0.15) is 5.82 Å². The van der Waals surface area contributed by atoms with Gasteiger partial charge in [0.2, 0.25) is 12.7 Å². The molecule has 2 heterocycles. The molecule has 3 aromatic rings. The number of anilines is 1. The van der Waals surface area contributed by atoms with Crippen molar-refractivity contribution >= 4 is 22.5 Å². The van der Waals surface area contributed by atoms with Crippen molar-refractivity contribution in [3.8, 4) is 11.5 Å². The second kappa shape index (κ2) is 5.99. The number of fused-ring (bicyclic) bond motifs is 2. The molecule has 0 saturated heterocycles. The highest BCUT2D eigenvalue weighted by Gasteiger charge is 2.51. The Kier molecular flexibility index (Phi) is 3.72. The number of aromatic amines is 1.